The number of allylic oxidation sites excluding steroid dienone is 1. The van der Waals surface area contributed by atoms with Gasteiger partial charge in [-0.2, -0.15) is 23.3 Å². The summed E-state index contributed by atoms with van der Waals surface area (Å²) in [4.78, 5) is 19.9. The molecule has 200 valence electrons. The van der Waals surface area contributed by atoms with E-state index in [1.807, 2.05) is 11.0 Å². The molecule has 2 aliphatic heterocycles. The Labute approximate surface area is 229 Å². The number of amides is 1. The summed E-state index contributed by atoms with van der Waals surface area (Å²) in [5.41, 5.74) is 1.04. The summed E-state index contributed by atoms with van der Waals surface area (Å²) in [6.07, 6.45) is 0.00622. The Hall–Kier alpha value is -3.71. The molecule has 6 rings (SSSR count). The summed E-state index contributed by atoms with van der Waals surface area (Å²) in [5, 5.41) is 19.6. The first-order valence-electron chi connectivity index (χ1n) is 12.1. The minimum absolute atomic E-state index is 0.0119. The number of likely N-dealkylation sites (tertiary alicyclic amines) is 1. The van der Waals surface area contributed by atoms with Crippen LogP contribution in [0.1, 0.15) is 35.6 Å². The zero-order valence-corrected chi connectivity index (χ0v) is 21.8. The maximum atomic E-state index is 13.9. The maximum Gasteiger partial charge on any atom is 0.416 e. The maximum absolute atomic E-state index is 13.9. The number of thioether (sulfide) groups is 1. The number of nitrogens with one attached hydrogen (secondary N) is 1. The molecule has 0 saturated carbocycles. The third kappa shape index (κ3) is 5.15. The molecule has 2 aromatic carbocycles. The highest BCUT2D eigenvalue weighted by atomic mass is 35.5. The Morgan fingerprint density at radius 1 is 1.15 bits per heavy atom. The number of H-pyrrole nitrogens is 1. The fraction of sp³-hybridized carbons (Fsp3) is 0.280. The number of carbonyl (C=O) groups is 1. The van der Waals surface area contributed by atoms with Gasteiger partial charge in [-0.3, -0.25) is 9.89 Å². The number of aromatic nitrogens is 6. The number of rotatable bonds is 4. The van der Waals surface area contributed by atoms with E-state index < -0.39 is 17.6 Å². The zero-order chi connectivity index (χ0) is 27.1. The van der Waals surface area contributed by atoms with Gasteiger partial charge in [-0.1, -0.05) is 23.7 Å². The van der Waals surface area contributed by atoms with Crippen LogP contribution in [0.5, 0.6) is 0 Å². The second-order valence-corrected chi connectivity index (χ2v) is 10.7. The predicted octanol–water partition coefficient (Wildman–Crippen LogP) is 5.14. The van der Waals surface area contributed by atoms with E-state index in [1.165, 1.54) is 23.9 Å². The van der Waals surface area contributed by atoms with E-state index >= 15 is 0 Å². The molecular formula is C25H20ClF3N8OS. The van der Waals surface area contributed by atoms with Crippen molar-refractivity contribution < 1.29 is 18.0 Å². The quantitative estimate of drug-likeness (QED) is 0.338. The van der Waals surface area contributed by atoms with Crippen LogP contribution in [0.25, 0.3) is 16.5 Å². The number of carbonyl (C=O) groups excluding carboxylic acids is 1. The van der Waals surface area contributed by atoms with Gasteiger partial charge in [0, 0.05) is 23.5 Å². The van der Waals surface area contributed by atoms with Crippen LogP contribution >= 0.6 is 23.4 Å². The molecule has 9 nitrogen and oxygen atoms in total. The number of piperidine rings is 1. The van der Waals surface area contributed by atoms with Gasteiger partial charge in [0.15, 0.2) is 5.17 Å². The van der Waals surface area contributed by atoms with Crippen LogP contribution < -0.4 is 0 Å². The molecule has 0 unspecified atom stereocenters. The molecule has 0 aliphatic carbocycles. The first-order valence-corrected chi connectivity index (χ1v) is 13.3. The van der Waals surface area contributed by atoms with E-state index in [0.29, 0.717) is 34.3 Å². The van der Waals surface area contributed by atoms with Crippen molar-refractivity contribution in [2.45, 2.75) is 31.5 Å². The van der Waals surface area contributed by atoms with Gasteiger partial charge < -0.3 is 4.90 Å². The molecule has 0 radical (unpaired) electrons. The third-order valence-electron chi connectivity index (χ3n) is 6.87. The molecule has 0 atom stereocenters. The summed E-state index contributed by atoms with van der Waals surface area (Å²) in [5.74, 6) is -0.470. The number of amidine groups is 1. The van der Waals surface area contributed by atoms with Crippen LogP contribution in [-0.2, 0) is 17.4 Å². The van der Waals surface area contributed by atoms with Crippen LogP contribution in [0.3, 0.4) is 0 Å². The van der Waals surface area contributed by atoms with Gasteiger partial charge in [0.25, 0.3) is 5.91 Å². The van der Waals surface area contributed by atoms with Crippen LogP contribution in [0.15, 0.2) is 58.8 Å². The first kappa shape index (κ1) is 25.6. The minimum Gasteiger partial charge on any atom is -0.351 e. The van der Waals surface area contributed by atoms with E-state index in [2.05, 4.69) is 30.7 Å². The molecule has 1 amide bonds. The lowest BCUT2D eigenvalue weighted by Gasteiger charge is -2.32. The molecule has 1 N–H and O–H groups in total. The zero-order valence-electron chi connectivity index (χ0n) is 20.2. The highest BCUT2D eigenvalue weighted by Crippen LogP contribution is 2.41. The van der Waals surface area contributed by atoms with Gasteiger partial charge in [0.1, 0.15) is 6.33 Å². The second kappa shape index (κ2) is 10.1. The van der Waals surface area contributed by atoms with E-state index in [0.717, 1.165) is 29.8 Å². The molecule has 39 heavy (non-hydrogen) atoms. The van der Waals surface area contributed by atoms with Crippen LogP contribution in [-0.4, -0.2) is 59.5 Å². The van der Waals surface area contributed by atoms with Crippen LogP contribution in [0, 0.1) is 0 Å². The van der Waals surface area contributed by atoms with Crippen molar-refractivity contribution in [2.24, 2.45) is 4.99 Å². The monoisotopic (exact) mass is 572 g/mol. The number of nitrogens with zero attached hydrogens (tertiary/aromatic N) is 7. The van der Waals surface area contributed by atoms with Crippen LogP contribution in [0.4, 0.5) is 13.2 Å². The largest absolute Gasteiger partial charge is 0.416 e. The molecule has 4 aromatic rings. The Morgan fingerprint density at radius 3 is 2.72 bits per heavy atom. The number of tetrazole rings is 1. The number of hydrogen-bond acceptors (Lipinski definition) is 7. The second-order valence-electron chi connectivity index (χ2n) is 9.27. The van der Waals surface area contributed by atoms with Crippen molar-refractivity contribution in [3.63, 3.8) is 0 Å². The molecule has 14 heteroatoms. The van der Waals surface area contributed by atoms with Gasteiger partial charge in [-0.15, -0.1) is 5.10 Å². The van der Waals surface area contributed by atoms with E-state index in [4.69, 9.17) is 11.6 Å². The van der Waals surface area contributed by atoms with Gasteiger partial charge >= 0.3 is 6.18 Å². The first-order chi connectivity index (χ1) is 18.8. The number of benzene rings is 2. The van der Waals surface area contributed by atoms with E-state index in [1.54, 1.807) is 29.3 Å². The SMILES string of the molecule is O=C1N=C(N2CCC(n3cnnn3)CC2)SC1=C(Cc1ccc(Cl)cc1C(F)(F)F)c1ccc2[nH]ncc2c1. The highest BCUT2D eigenvalue weighted by Gasteiger charge is 2.36. The number of alkyl halides is 3. The van der Waals surface area contributed by atoms with Gasteiger partial charge in [-0.05, 0) is 82.4 Å². The summed E-state index contributed by atoms with van der Waals surface area (Å²) >= 11 is 7.11. The standard InChI is InChI=1S/C25H20ClF3N8OS/c26-17-3-1-15(20(11-17)25(27,28)29)10-19(14-2-4-21-16(9-14)12-30-33-21)22-23(38)32-24(39-22)36-7-5-18(6-8-36)37-13-31-34-35-37/h1-4,9,11-13,18H,5-8,10H2,(H,30,33). The molecule has 1 saturated heterocycles. The Morgan fingerprint density at radius 2 is 1.97 bits per heavy atom. The van der Waals surface area contributed by atoms with Crippen molar-refractivity contribution in [3.05, 3.63) is 75.5 Å². The van der Waals surface area contributed by atoms with Crippen molar-refractivity contribution in [1.82, 2.24) is 35.3 Å². The molecule has 0 bridgehead atoms. The van der Waals surface area contributed by atoms with Crippen molar-refractivity contribution in [3.8, 4) is 0 Å². The van der Waals surface area contributed by atoms with Crippen molar-refractivity contribution in [2.75, 3.05) is 13.1 Å². The average molecular weight is 573 g/mol. The number of fused-ring (bicyclic) bond motifs is 1. The van der Waals surface area contributed by atoms with E-state index in [9.17, 15) is 18.0 Å². The smallest absolute Gasteiger partial charge is 0.351 e. The summed E-state index contributed by atoms with van der Waals surface area (Å²) < 4.78 is 43.5. The number of hydrogen-bond donors (Lipinski definition) is 1. The van der Waals surface area contributed by atoms with Gasteiger partial charge in [0.05, 0.1) is 28.2 Å². The van der Waals surface area contributed by atoms with Gasteiger partial charge in [-0.25, -0.2) is 4.68 Å². The number of aliphatic imine (C=N–C) groups is 1. The molecule has 1 fully saturated rings. The molecule has 0 spiro atoms. The topological polar surface area (TPSA) is 105 Å². The van der Waals surface area contributed by atoms with Gasteiger partial charge in [0.2, 0.25) is 0 Å². The fourth-order valence-corrected chi connectivity index (χ4v) is 6.12. The molecule has 4 heterocycles. The average Bonchev–Trinajstić information content (AvgIpc) is 3.68. The minimum atomic E-state index is -4.61. The van der Waals surface area contributed by atoms with Crippen molar-refractivity contribution >= 4 is 50.9 Å². The summed E-state index contributed by atoms with van der Waals surface area (Å²) in [6.45, 7) is 1.28. The summed E-state index contributed by atoms with van der Waals surface area (Å²) in [6, 6.07) is 9.23. The Kier molecular flexibility index (Phi) is 6.63. The van der Waals surface area contributed by atoms with E-state index in [-0.39, 0.29) is 23.0 Å². The third-order valence-corrected chi connectivity index (χ3v) is 8.26. The molecule has 2 aliphatic rings. The molecule has 2 aromatic heterocycles. The predicted molar refractivity (Wildman–Crippen MR) is 141 cm³/mol. The summed E-state index contributed by atoms with van der Waals surface area (Å²) in [7, 11) is 0. The lowest BCUT2D eigenvalue weighted by molar-refractivity contribution is -0.138. The van der Waals surface area contributed by atoms with Crippen molar-refractivity contribution in [1.29, 1.82) is 0 Å². The van der Waals surface area contributed by atoms with Crippen LogP contribution in [0.2, 0.25) is 5.02 Å². The molecular weight excluding hydrogens is 553 g/mol. The normalized spacial score (nSPS) is 18.2. The Balaban J connectivity index is 1.34. The lowest BCUT2D eigenvalue weighted by atomic mass is 9.93. The highest BCUT2D eigenvalue weighted by molar-refractivity contribution is 8.18. The number of halogens is 4. The number of aromatic amines is 1. The lowest BCUT2D eigenvalue weighted by Crippen LogP contribution is -2.37. The Bertz CT molecular complexity index is 1610. The fourth-order valence-electron chi connectivity index (χ4n) is 4.88.